The predicted molar refractivity (Wildman–Crippen MR) is 73.6 cm³/mol. The van der Waals surface area contributed by atoms with E-state index in [-0.39, 0.29) is 5.97 Å². The third kappa shape index (κ3) is 3.44. The normalized spacial score (nSPS) is 10.4. The molecule has 2 rings (SSSR count). The second-order valence-electron chi connectivity index (χ2n) is 4.32. The summed E-state index contributed by atoms with van der Waals surface area (Å²) in [5, 5.41) is 4.43. The molecule has 0 fully saturated rings. The molecule has 4 heteroatoms. The molecule has 4 nitrogen and oxygen atoms in total. The zero-order valence-electron chi connectivity index (χ0n) is 11.3. The molecule has 0 aliphatic heterocycles. The molecule has 0 unspecified atom stereocenters. The fraction of sp³-hybridized carbons (Fsp3) is 0.333. The first-order valence-corrected chi connectivity index (χ1v) is 6.44. The Morgan fingerprint density at radius 3 is 2.74 bits per heavy atom. The van der Waals surface area contributed by atoms with Crippen LogP contribution in [0.4, 0.5) is 0 Å². The molecule has 19 heavy (non-hydrogen) atoms. The lowest BCUT2D eigenvalue weighted by molar-refractivity contribution is -0.143. The van der Waals surface area contributed by atoms with E-state index in [0.717, 1.165) is 17.0 Å². The monoisotopic (exact) mass is 258 g/mol. The van der Waals surface area contributed by atoms with Crippen LogP contribution in [0.25, 0.3) is 11.3 Å². The zero-order valence-corrected chi connectivity index (χ0v) is 11.3. The van der Waals surface area contributed by atoms with Gasteiger partial charge in [0.2, 0.25) is 0 Å². The van der Waals surface area contributed by atoms with Crippen molar-refractivity contribution in [3.8, 4) is 11.3 Å². The Labute approximate surface area is 113 Å². The molecule has 0 radical (unpaired) electrons. The van der Waals surface area contributed by atoms with E-state index in [0.29, 0.717) is 19.4 Å². The first kappa shape index (κ1) is 13.3. The Bertz CT molecular complexity index is 547. The number of carbonyl (C=O) groups excluding carboxylic acids is 1. The van der Waals surface area contributed by atoms with Gasteiger partial charge in [-0.15, -0.1) is 0 Å². The van der Waals surface area contributed by atoms with Gasteiger partial charge in [0.15, 0.2) is 0 Å². The Morgan fingerprint density at radius 2 is 2.05 bits per heavy atom. The highest BCUT2D eigenvalue weighted by molar-refractivity contribution is 5.69. The second-order valence-corrected chi connectivity index (χ2v) is 4.32. The van der Waals surface area contributed by atoms with Crippen molar-refractivity contribution in [2.45, 2.75) is 19.8 Å². The molecular weight excluding hydrogens is 240 g/mol. The third-order valence-corrected chi connectivity index (χ3v) is 2.89. The molecule has 0 saturated heterocycles. The Kier molecular flexibility index (Phi) is 4.34. The van der Waals surface area contributed by atoms with Gasteiger partial charge in [0.1, 0.15) is 0 Å². The topological polar surface area (TPSA) is 44.1 Å². The Morgan fingerprint density at radius 1 is 1.32 bits per heavy atom. The first-order chi connectivity index (χ1) is 9.20. The average molecular weight is 258 g/mol. The first-order valence-electron chi connectivity index (χ1n) is 6.44. The minimum absolute atomic E-state index is 0.172. The van der Waals surface area contributed by atoms with Crippen molar-refractivity contribution in [3.63, 3.8) is 0 Å². The van der Waals surface area contributed by atoms with Crippen LogP contribution in [-0.2, 0) is 23.0 Å². The standard InChI is InChI=1S/C15H18N2O2/c1-3-19-15(18)10-9-13-11-14(17(2)16-13)12-7-5-4-6-8-12/h4-8,11H,3,9-10H2,1-2H3. The van der Waals surface area contributed by atoms with E-state index >= 15 is 0 Å². The van der Waals surface area contributed by atoms with Gasteiger partial charge in [-0.3, -0.25) is 9.48 Å². The van der Waals surface area contributed by atoms with Crippen LogP contribution in [0, 0.1) is 0 Å². The van der Waals surface area contributed by atoms with Gasteiger partial charge in [-0.05, 0) is 18.6 Å². The summed E-state index contributed by atoms with van der Waals surface area (Å²) in [6.07, 6.45) is 0.985. The highest BCUT2D eigenvalue weighted by Crippen LogP contribution is 2.19. The van der Waals surface area contributed by atoms with Crippen molar-refractivity contribution in [2.75, 3.05) is 6.61 Å². The SMILES string of the molecule is CCOC(=O)CCc1cc(-c2ccccc2)n(C)n1. The average Bonchev–Trinajstić information content (AvgIpc) is 2.79. The number of hydrogen-bond donors (Lipinski definition) is 0. The molecule has 0 bridgehead atoms. The van der Waals surface area contributed by atoms with Crippen LogP contribution in [0.15, 0.2) is 36.4 Å². The molecule has 1 heterocycles. The van der Waals surface area contributed by atoms with E-state index in [9.17, 15) is 4.79 Å². The Balaban J connectivity index is 2.07. The molecule has 100 valence electrons. The van der Waals surface area contributed by atoms with Crippen LogP contribution in [0.5, 0.6) is 0 Å². The number of hydrogen-bond acceptors (Lipinski definition) is 3. The van der Waals surface area contributed by atoms with Gasteiger partial charge in [0.25, 0.3) is 0 Å². The number of ether oxygens (including phenoxy) is 1. The smallest absolute Gasteiger partial charge is 0.306 e. The maximum Gasteiger partial charge on any atom is 0.306 e. The van der Waals surface area contributed by atoms with E-state index in [1.54, 1.807) is 0 Å². The highest BCUT2D eigenvalue weighted by Gasteiger charge is 2.09. The summed E-state index contributed by atoms with van der Waals surface area (Å²) in [4.78, 5) is 11.3. The molecule has 0 atom stereocenters. The number of benzene rings is 1. The van der Waals surface area contributed by atoms with Crippen LogP contribution >= 0.6 is 0 Å². The summed E-state index contributed by atoms with van der Waals surface area (Å²) in [7, 11) is 1.91. The van der Waals surface area contributed by atoms with Gasteiger partial charge in [0.05, 0.1) is 24.4 Å². The molecule has 0 aliphatic rings. The van der Waals surface area contributed by atoms with E-state index in [1.807, 2.05) is 55.1 Å². The van der Waals surface area contributed by atoms with E-state index < -0.39 is 0 Å². The number of rotatable bonds is 5. The molecule has 0 amide bonds. The minimum Gasteiger partial charge on any atom is -0.466 e. The molecule has 1 aromatic heterocycles. The van der Waals surface area contributed by atoms with Gasteiger partial charge >= 0.3 is 5.97 Å². The number of aromatic nitrogens is 2. The molecule has 1 aromatic carbocycles. The quantitative estimate of drug-likeness (QED) is 0.774. The molecule has 2 aromatic rings. The molecule has 0 saturated carbocycles. The number of nitrogens with zero attached hydrogens (tertiary/aromatic N) is 2. The summed E-state index contributed by atoms with van der Waals surface area (Å²) >= 11 is 0. The predicted octanol–water partition coefficient (Wildman–Crippen LogP) is 2.58. The van der Waals surface area contributed by atoms with Crippen molar-refractivity contribution in [3.05, 3.63) is 42.1 Å². The van der Waals surface area contributed by atoms with Gasteiger partial charge < -0.3 is 4.74 Å². The second kappa shape index (κ2) is 6.18. The van der Waals surface area contributed by atoms with E-state index in [4.69, 9.17) is 4.74 Å². The number of carbonyl (C=O) groups is 1. The maximum atomic E-state index is 11.3. The third-order valence-electron chi connectivity index (χ3n) is 2.89. The lowest BCUT2D eigenvalue weighted by atomic mass is 10.1. The lowest BCUT2D eigenvalue weighted by Crippen LogP contribution is -2.05. The fourth-order valence-corrected chi connectivity index (χ4v) is 1.99. The molecule has 0 N–H and O–H groups in total. The number of esters is 1. The molecular formula is C15H18N2O2. The van der Waals surface area contributed by atoms with Gasteiger partial charge in [-0.2, -0.15) is 5.10 Å². The summed E-state index contributed by atoms with van der Waals surface area (Å²) in [5.74, 6) is -0.172. The van der Waals surface area contributed by atoms with E-state index in [2.05, 4.69) is 5.10 Å². The summed E-state index contributed by atoms with van der Waals surface area (Å²) in [6.45, 7) is 2.24. The van der Waals surface area contributed by atoms with Crippen molar-refractivity contribution in [1.82, 2.24) is 9.78 Å². The summed E-state index contributed by atoms with van der Waals surface area (Å²) in [6, 6.07) is 12.1. The molecule has 0 aliphatic carbocycles. The van der Waals surface area contributed by atoms with Crippen LogP contribution in [0.1, 0.15) is 19.0 Å². The molecule has 0 spiro atoms. The van der Waals surface area contributed by atoms with Crippen molar-refractivity contribution >= 4 is 5.97 Å². The minimum atomic E-state index is -0.172. The van der Waals surface area contributed by atoms with Crippen LogP contribution in [0.2, 0.25) is 0 Å². The van der Waals surface area contributed by atoms with Gasteiger partial charge in [-0.1, -0.05) is 30.3 Å². The van der Waals surface area contributed by atoms with Gasteiger partial charge in [0, 0.05) is 13.5 Å². The van der Waals surface area contributed by atoms with Crippen LogP contribution < -0.4 is 0 Å². The summed E-state index contributed by atoms with van der Waals surface area (Å²) < 4.78 is 6.75. The van der Waals surface area contributed by atoms with Crippen LogP contribution in [-0.4, -0.2) is 22.4 Å². The highest BCUT2D eigenvalue weighted by atomic mass is 16.5. The lowest BCUT2D eigenvalue weighted by Gasteiger charge is -1.99. The zero-order chi connectivity index (χ0) is 13.7. The largest absolute Gasteiger partial charge is 0.466 e. The van der Waals surface area contributed by atoms with Crippen LogP contribution in [0.3, 0.4) is 0 Å². The van der Waals surface area contributed by atoms with Crippen molar-refractivity contribution in [1.29, 1.82) is 0 Å². The fourth-order valence-electron chi connectivity index (χ4n) is 1.99. The van der Waals surface area contributed by atoms with E-state index in [1.165, 1.54) is 0 Å². The van der Waals surface area contributed by atoms with Gasteiger partial charge in [-0.25, -0.2) is 0 Å². The summed E-state index contributed by atoms with van der Waals surface area (Å²) in [5.41, 5.74) is 3.09. The van der Waals surface area contributed by atoms with Crippen molar-refractivity contribution in [2.24, 2.45) is 7.05 Å². The Hall–Kier alpha value is -2.10. The number of aryl methyl sites for hydroxylation is 2. The van der Waals surface area contributed by atoms with Crippen molar-refractivity contribution < 1.29 is 9.53 Å². The maximum absolute atomic E-state index is 11.3.